The Morgan fingerprint density at radius 1 is 0.429 bits per heavy atom. The summed E-state index contributed by atoms with van der Waals surface area (Å²) in [6.07, 6.45) is 0. The smallest absolute Gasteiger partial charge is 0.131 e. The van der Waals surface area contributed by atoms with Crippen molar-refractivity contribution in [3.63, 3.8) is 0 Å². The van der Waals surface area contributed by atoms with Gasteiger partial charge in [0.15, 0.2) is 0 Å². The second-order valence-corrected chi connectivity index (χ2v) is 6.73. The lowest BCUT2D eigenvalue weighted by Gasteiger charge is -2.15. The van der Waals surface area contributed by atoms with Crippen molar-refractivity contribution in [1.29, 1.82) is 0 Å². The predicted molar refractivity (Wildman–Crippen MR) is 104 cm³/mol. The summed E-state index contributed by atoms with van der Waals surface area (Å²) in [6, 6.07) is 17.2. The van der Waals surface area contributed by atoms with Crippen molar-refractivity contribution in [2.75, 3.05) is 0 Å². The van der Waals surface area contributed by atoms with E-state index in [-0.39, 0.29) is 5.39 Å². The van der Waals surface area contributed by atoms with Gasteiger partial charge in [-0.15, -0.1) is 0 Å². The summed E-state index contributed by atoms with van der Waals surface area (Å²) in [5, 5.41) is 2.95. The van der Waals surface area contributed by atoms with E-state index in [0.29, 0.717) is 38.1 Å². The number of halogens is 4. The summed E-state index contributed by atoms with van der Waals surface area (Å²) in [4.78, 5) is 0. The molecule has 0 heterocycles. The van der Waals surface area contributed by atoms with Crippen molar-refractivity contribution in [3.8, 4) is 11.1 Å². The molecular weight excluding hydrogens is 364 g/mol. The molecule has 5 aromatic carbocycles. The van der Waals surface area contributed by atoms with Crippen molar-refractivity contribution < 1.29 is 17.6 Å². The average Bonchev–Trinajstić information content (AvgIpc) is 2.69. The molecule has 4 heteroatoms. The predicted octanol–water partition coefficient (Wildman–Crippen LogP) is 7.37. The van der Waals surface area contributed by atoms with Gasteiger partial charge in [0.05, 0.1) is 0 Å². The van der Waals surface area contributed by atoms with E-state index < -0.39 is 23.3 Å². The summed E-state index contributed by atoms with van der Waals surface area (Å²) >= 11 is 0. The zero-order chi connectivity index (χ0) is 19.4. The van der Waals surface area contributed by atoms with E-state index in [4.69, 9.17) is 0 Å². The molecule has 0 atom stereocenters. The minimum absolute atomic E-state index is 0.217. The van der Waals surface area contributed by atoms with Gasteiger partial charge in [0.25, 0.3) is 0 Å². The first-order valence-electron chi connectivity index (χ1n) is 8.71. The normalized spacial score (nSPS) is 11.6. The Hall–Kier alpha value is -3.40. The Morgan fingerprint density at radius 3 is 1.57 bits per heavy atom. The number of fused-ring (bicyclic) bond motifs is 6. The lowest BCUT2D eigenvalue weighted by molar-refractivity contribution is 0.627. The first-order chi connectivity index (χ1) is 13.5. The minimum atomic E-state index is -0.525. The SMILES string of the molecule is Fc1ccc(-c2ccc(F)c3c4cc(F)ccc4c4ccc(F)cc4c23)cc1. The molecule has 0 nitrogen and oxygen atoms in total. The molecule has 0 saturated heterocycles. The van der Waals surface area contributed by atoms with Crippen LogP contribution in [0.3, 0.4) is 0 Å². The van der Waals surface area contributed by atoms with Gasteiger partial charge in [-0.05, 0) is 75.1 Å². The minimum Gasteiger partial charge on any atom is -0.207 e. The molecule has 0 aliphatic heterocycles. The Bertz CT molecular complexity index is 1390. The van der Waals surface area contributed by atoms with Crippen LogP contribution in [0.5, 0.6) is 0 Å². The van der Waals surface area contributed by atoms with E-state index in [9.17, 15) is 17.6 Å². The molecule has 0 saturated carbocycles. The molecule has 0 spiro atoms. The molecule has 28 heavy (non-hydrogen) atoms. The molecule has 0 N–H and O–H groups in total. The van der Waals surface area contributed by atoms with E-state index in [1.807, 2.05) is 0 Å². The topological polar surface area (TPSA) is 0 Å². The standard InChI is InChI=1S/C24H12F4/c25-14-3-1-13(2-4-14)17-9-10-22(28)24-21-12-16(27)6-8-19(21)18-7-5-15(26)11-20(18)23(17)24/h1-12H. The van der Waals surface area contributed by atoms with E-state index in [1.54, 1.807) is 30.3 Å². The quantitative estimate of drug-likeness (QED) is 0.212. The lowest BCUT2D eigenvalue weighted by atomic mass is 9.89. The van der Waals surface area contributed by atoms with Gasteiger partial charge in [-0.2, -0.15) is 0 Å². The fourth-order valence-electron chi connectivity index (χ4n) is 3.91. The summed E-state index contributed by atoms with van der Waals surface area (Å²) in [6.45, 7) is 0. The van der Waals surface area contributed by atoms with Crippen LogP contribution in [0.4, 0.5) is 17.6 Å². The fraction of sp³-hybridized carbons (Fsp3) is 0. The van der Waals surface area contributed by atoms with Gasteiger partial charge in [0.1, 0.15) is 23.3 Å². The third kappa shape index (κ3) is 2.45. The number of benzene rings is 5. The second-order valence-electron chi connectivity index (χ2n) is 6.73. The van der Waals surface area contributed by atoms with E-state index >= 15 is 0 Å². The highest BCUT2D eigenvalue weighted by Crippen LogP contribution is 2.41. The van der Waals surface area contributed by atoms with E-state index in [1.165, 1.54) is 42.5 Å². The highest BCUT2D eigenvalue weighted by atomic mass is 19.1. The Morgan fingerprint density at radius 2 is 0.964 bits per heavy atom. The molecule has 0 aliphatic carbocycles. The van der Waals surface area contributed by atoms with Crippen LogP contribution in [-0.4, -0.2) is 0 Å². The van der Waals surface area contributed by atoms with Crippen LogP contribution in [0.15, 0.2) is 72.8 Å². The number of rotatable bonds is 1. The molecule has 0 bridgehead atoms. The zero-order valence-corrected chi connectivity index (χ0v) is 14.4. The largest absolute Gasteiger partial charge is 0.207 e. The van der Waals surface area contributed by atoms with Crippen molar-refractivity contribution in [1.82, 2.24) is 0 Å². The van der Waals surface area contributed by atoms with Crippen molar-refractivity contribution >= 4 is 32.3 Å². The van der Waals surface area contributed by atoms with Gasteiger partial charge in [-0.3, -0.25) is 0 Å². The summed E-state index contributed by atoms with van der Waals surface area (Å²) < 4.78 is 56.5. The highest BCUT2D eigenvalue weighted by molar-refractivity contribution is 6.28. The van der Waals surface area contributed by atoms with Crippen LogP contribution in [0.1, 0.15) is 0 Å². The van der Waals surface area contributed by atoms with Crippen LogP contribution < -0.4 is 0 Å². The molecule has 136 valence electrons. The van der Waals surface area contributed by atoms with Crippen molar-refractivity contribution in [3.05, 3.63) is 96.1 Å². The van der Waals surface area contributed by atoms with Gasteiger partial charge in [0.2, 0.25) is 0 Å². The first-order valence-corrected chi connectivity index (χ1v) is 8.71. The Labute approximate surface area is 157 Å². The molecule has 0 radical (unpaired) electrons. The molecule has 0 aliphatic rings. The van der Waals surface area contributed by atoms with Crippen molar-refractivity contribution in [2.24, 2.45) is 0 Å². The maximum Gasteiger partial charge on any atom is 0.131 e. The van der Waals surface area contributed by atoms with E-state index in [0.717, 1.165) is 0 Å². The maximum absolute atomic E-state index is 15.0. The van der Waals surface area contributed by atoms with Gasteiger partial charge in [0, 0.05) is 10.8 Å². The first kappa shape index (κ1) is 16.8. The van der Waals surface area contributed by atoms with E-state index in [2.05, 4.69) is 0 Å². The van der Waals surface area contributed by atoms with Crippen LogP contribution in [0, 0.1) is 23.3 Å². The van der Waals surface area contributed by atoms with Crippen LogP contribution >= 0.6 is 0 Å². The van der Waals surface area contributed by atoms with Crippen LogP contribution in [0.2, 0.25) is 0 Å². The Balaban J connectivity index is 2.08. The highest BCUT2D eigenvalue weighted by Gasteiger charge is 2.17. The summed E-state index contributed by atoms with van der Waals surface area (Å²) in [5.41, 5.74) is 1.28. The molecule has 0 fully saturated rings. The molecule has 5 aromatic rings. The summed E-state index contributed by atoms with van der Waals surface area (Å²) in [5.74, 6) is -1.85. The Kier molecular flexibility index (Phi) is 3.63. The zero-order valence-electron chi connectivity index (χ0n) is 14.4. The fourth-order valence-corrected chi connectivity index (χ4v) is 3.91. The number of hydrogen-bond donors (Lipinski definition) is 0. The van der Waals surface area contributed by atoms with Gasteiger partial charge >= 0.3 is 0 Å². The lowest BCUT2D eigenvalue weighted by Crippen LogP contribution is -1.92. The maximum atomic E-state index is 15.0. The molecule has 0 aromatic heterocycles. The monoisotopic (exact) mass is 376 g/mol. The van der Waals surface area contributed by atoms with Gasteiger partial charge in [-0.25, -0.2) is 17.6 Å². The van der Waals surface area contributed by atoms with Crippen molar-refractivity contribution in [2.45, 2.75) is 0 Å². The number of hydrogen-bond acceptors (Lipinski definition) is 0. The second kappa shape index (κ2) is 6.06. The molecule has 5 rings (SSSR count). The van der Waals surface area contributed by atoms with Crippen LogP contribution in [0.25, 0.3) is 43.4 Å². The summed E-state index contributed by atoms with van der Waals surface area (Å²) in [7, 11) is 0. The third-order valence-corrected chi connectivity index (χ3v) is 5.10. The van der Waals surface area contributed by atoms with Crippen LogP contribution in [-0.2, 0) is 0 Å². The molecule has 0 unspecified atom stereocenters. The van der Waals surface area contributed by atoms with Gasteiger partial charge < -0.3 is 0 Å². The third-order valence-electron chi connectivity index (χ3n) is 5.10. The average molecular weight is 376 g/mol. The molecular formula is C24H12F4. The van der Waals surface area contributed by atoms with Gasteiger partial charge in [-0.1, -0.05) is 30.3 Å². The molecule has 0 amide bonds.